The van der Waals surface area contributed by atoms with Crippen LogP contribution in [0, 0.1) is 5.92 Å². The van der Waals surface area contributed by atoms with E-state index in [1.807, 2.05) is 12.1 Å². The third-order valence-corrected chi connectivity index (χ3v) is 4.04. The van der Waals surface area contributed by atoms with E-state index >= 15 is 0 Å². The van der Waals surface area contributed by atoms with Crippen molar-refractivity contribution in [3.05, 3.63) is 29.0 Å². The quantitative estimate of drug-likeness (QED) is 0.814. The van der Waals surface area contributed by atoms with Gasteiger partial charge >= 0.3 is 0 Å². The molecule has 4 heteroatoms. The first-order valence-electron chi connectivity index (χ1n) is 6.38. The Morgan fingerprint density at radius 2 is 2.35 bits per heavy atom. The number of rotatable bonds is 2. The van der Waals surface area contributed by atoms with Gasteiger partial charge in [0, 0.05) is 25.7 Å². The zero-order chi connectivity index (χ0) is 11.7. The first-order chi connectivity index (χ1) is 8.31. The van der Waals surface area contributed by atoms with Crippen molar-refractivity contribution in [3.8, 4) is 0 Å². The average Bonchev–Trinajstić information content (AvgIpc) is 2.71. The summed E-state index contributed by atoms with van der Waals surface area (Å²) in [4.78, 5) is 6.85. The fraction of sp³-hybridized carbons (Fsp3) is 0.615. The maximum absolute atomic E-state index is 5.91. The highest BCUT2D eigenvalue weighted by Gasteiger charge is 2.33. The number of nitrogens with one attached hydrogen (secondary N) is 1. The third kappa shape index (κ3) is 2.62. The third-order valence-electron chi connectivity index (χ3n) is 3.83. The molecule has 0 saturated carbocycles. The molecule has 2 aliphatic rings. The van der Waals surface area contributed by atoms with Gasteiger partial charge in [-0.2, -0.15) is 0 Å². The monoisotopic (exact) mass is 251 g/mol. The number of pyridine rings is 1. The summed E-state index contributed by atoms with van der Waals surface area (Å²) in [6, 6.07) is 6.56. The van der Waals surface area contributed by atoms with Crippen molar-refractivity contribution in [2.24, 2.45) is 5.92 Å². The molecule has 0 spiro atoms. The molecule has 2 unspecified atom stereocenters. The standard InChI is InChI=1S/C13H18ClN3/c14-13-5-1-4-11(16-13)8-17-7-10-3-2-6-15-12(10)9-17/h1,4-5,10,12,15H,2-3,6-9H2. The molecule has 3 nitrogen and oxygen atoms in total. The number of halogens is 1. The van der Waals surface area contributed by atoms with Crippen LogP contribution < -0.4 is 5.32 Å². The summed E-state index contributed by atoms with van der Waals surface area (Å²) in [5, 5.41) is 4.21. The summed E-state index contributed by atoms with van der Waals surface area (Å²) in [5.41, 5.74) is 1.08. The second-order valence-electron chi connectivity index (χ2n) is 5.11. The predicted molar refractivity (Wildman–Crippen MR) is 69.0 cm³/mol. The van der Waals surface area contributed by atoms with Gasteiger partial charge in [0.15, 0.2) is 0 Å². The molecule has 0 aromatic carbocycles. The van der Waals surface area contributed by atoms with E-state index in [0.717, 1.165) is 24.7 Å². The Morgan fingerprint density at radius 1 is 1.41 bits per heavy atom. The minimum absolute atomic E-state index is 0.595. The molecule has 0 amide bonds. The van der Waals surface area contributed by atoms with E-state index in [1.54, 1.807) is 0 Å². The summed E-state index contributed by atoms with van der Waals surface area (Å²) >= 11 is 5.91. The molecule has 0 aliphatic carbocycles. The number of hydrogen-bond donors (Lipinski definition) is 1. The van der Waals surface area contributed by atoms with Crippen LogP contribution in [0.25, 0.3) is 0 Å². The van der Waals surface area contributed by atoms with E-state index in [1.165, 1.54) is 25.9 Å². The van der Waals surface area contributed by atoms with Gasteiger partial charge < -0.3 is 5.32 Å². The van der Waals surface area contributed by atoms with Crippen molar-refractivity contribution in [2.45, 2.75) is 25.4 Å². The molecule has 3 heterocycles. The van der Waals surface area contributed by atoms with E-state index in [2.05, 4.69) is 21.3 Å². The van der Waals surface area contributed by atoms with E-state index in [-0.39, 0.29) is 0 Å². The minimum atomic E-state index is 0.595. The lowest BCUT2D eigenvalue weighted by molar-refractivity contribution is 0.309. The number of nitrogens with zero attached hydrogens (tertiary/aromatic N) is 2. The molecule has 0 bridgehead atoms. The van der Waals surface area contributed by atoms with Crippen molar-refractivity contribution in [3.63, 3.8) is 0 Å². The lowest BCUT2D eigenvalue weighted by Crippen LogP contribution is -2.40. The van der Waals surface area contributed by atoms with Crippen LogP contribution in [0.15, 0.2) is 18.2 Å². The molecule has 2 atom stereocenters. The second-order valence-corrected chi connectivity index (χ2v) is 5.50. The van der Waals surface area contributed by atoms with Crippen LogP contribution in [0.3, 0.4) is 0 Å². The number of aromatic nitrogens is 1. The molecule has 1 aromatic rings. The molecule has 17 heavy (non-hydrogen) atoms. The summed E-state index contributed by atoms with van der Waals surface area (Å²) in [5.74, 6) is 0.836. The van der Waals surface area contributed by atoms with Crippen LogP contribution in [0.1, 0.15) is 18.5 Å². The van der Waals surface area contributed by atoms with Gasteiger partial charge in [0.1, 0.15) is 5.15 Å². The van der Waals surface area contributed by atoms with Crippen molar-refractivity contribution in [1.82, 2.24) is 15.2 Å². The zero-order valence-corrected chi connectivity index (χ0v) is 10.7. The van der Waals surface area contributed by atoms with Crippen molar-refractivity contribution < 1.29 is 0 Å². The van der Waals surface area contributed by atoms with Crippen LogP contribution in [-0.2, 0) is 6.54 Å². The summed E-state index contributed by atoms with van der Waals surface area (Å²) in [6.07, 6.45) is 2.70. The van der Waals surface area contributed by atoms with Crippen molar-refractivity contribution in [1.29, 1.82) is 0 Å². The van der Waals surface area contributed by atoms with Crippen LogP contribution in [0.4, 0.5) is 0 Å². The zero-order valence-electron chi connectivity index (χ0n) is 9.90. The summed E-state index contributed by atoms with van der Waals surface area (Å²) in [6.45, 7) is 4.46. The second kappa shape index (κ2) is 4.92. The maximum Gasteiger partial charge on any atom is 0.129 e. The molecule has 1 aromatic heterocycles. The number of hydrogen-bond acceptors (Lipinski definition) is 3. The van der Waals surface area contributed by atoms with E-state index in [4.69, 9.17) is 11.6 Å². The van der Waals surface area contributed by atoms with Gasteiger partial charge in [-0.15, -0.1) is 0 Å². The van der Waals surface area contributed by atoms with Crippen LogP contribution >= 0.6 is 11.6 Å². The highest BCUT2D eigenvalue weighted by molar-refractivity contribution is 6.29. The van der Waals surface area contributed by atoms with Gasteiger partial charge in [-0.3, -0.25) is 4.90 Å². The lowest BCUT2D eigenvalue weighted by Gasteiger charge is -2.24. The van der Waals surface area contributed by atoms with Gasteiger partial charge in [-0.05, 0) is 37.4 Å². The molecule has 2 aliphatic heterocycles. The molecule has 1 N–H and O–H groups in total. The summed E-state index contributed by atoms with van der Waals surface area (Å²) < 4.78 is 0. The van der Waals surface area contributed by atoms with Crippen LogP contribution in [0.5, 0.6) is 0 Å². The Kier molecular flexibility index (Phi) is 3.32. The summed E-state index contributed by atoms with van der Waals surface area (Å²) in [7, 11) is 0. The van der Waals surface area contributed by atoms with Crippen molar-refractivity contribution in [2.75, 3.05) is 19.6 Å². The van der Waals surface area contributed by atoms with Gasteiger partial charge in [0.05, 0.1) is 5.69 Å². The van der Waals surface area contributed by atoms with Gasteiger partial charge in [0.2, 0.25) is 0 Å². The van der Waals surface area contributed by atoms with E-state index in [0.29, 0.717) is 11.2 Å². The highest BCUT2D eigenvalue weighted by Crippen LogP contribution is 2.25. The van der Waals surface area contributed by atoms with Crippen molar-refractivity contribution >= 4 is 11.6 Å². The molecule has 3 rings (SSSR count). The normalized spacial score (nSPS) is 29.2. The van der Waals surface area contributed by atoms with Gasteiger partial charge in [0.25, 0.3) is 0 Å². The SMILES string of the molecule is Clc1cccc(CN2CC3CCCNC3C2)n1. The Hall–Kier alpha value is -0.640. The molecule has 0 radical (unpaired) electrons. The molecule has 2 saturated heterocycles. The van der Waals surface area contributed by atoms with Gasteiger partial charge in [-0.25, -0.2) is 4.98 Å². The first-order valence-corrected chi connectivity index (χ1v) is 6.76. The fourth-order valence-electron chi connectivity index (χ4n) is 3.03. The molecular weight excluding hydrogens is 234 g/mol. The number of piperidine rings is 1. The maximum atomic E-state index is 5.91. The number of likely N-dealkylation sites (tertiary alicyclic amines) is 1. The predicted octanol–water partition coefficient (Wildman–Crippen LogP) is 1.92. The minimum Gasteiger partial charge on any atom is -0.312 e. The molecular formula is C13H18ClN3. The Balaban J connectivity index is 1.63. The Bertz CT molecular complexity index is 382. The number of fused-ring (bicyclic) bond motifs is 1. The molecule has 92 valence electrons. The lowest BCUT2D eigenvalue weighted by atomic mass is 9.94. The van der Waals surface area contributed by atoms with Gasteiger partial charge in [-0.1, -0.05) is 17.7 Å². The average molecular weight is 252 g/mol. The first kappa shape index (κ1) is 11.5. The fourth-order valence-corrected chi connectivity index (χ4v) is 3.21. The smallest absolute Gasteiger partial charge is 0.129 e. The van der Waals surface area contributed by atoms with E-state index in [9.17, 15) is 0 Å². The topological polar surface area (TPSA) is 28.2 Å². The Morgan fingerprint density at radius 3 is 3.18 bits per heavy atom. The van der Waals surface area contributed by atoms with Crippen LogP contribution in [0.2, 0.25) is 5.15 Å². The van der Waals surface area contributed by atoms with E-state index < -0.39 is 0 Å². The Labute approximate surface area is 107 Å². The van der Waals surface area contributed by atoms with Crippen LogP contribution in [-0.4, -0.2) is 35.6 Å². The molecule has 2 fully saturated rings. The largest absolute Gasteiger partial charge is 0.312 e. The highest BCUT2D eigenvalue weighted by atomic mass is 35.5.